The third kappa shape index (κ3) is 10.4. The second kappa shape index (κ2) is 11.3. The molecule has 0 amide bonds. The molecule has 0 spiro atoms. The topological polar surface area (TPSA) is 99.5 Å². The predicted octanol–water partition coefficient (Wildman–Crippen LogP) is -2.43. The molecule has 0 atom stereocenters. The summed E-state index contributed by atoms with van der Waals surface area (Å²) in [4.78, 5) is 19.6. The molecule has 0 bridgehead atoms. The molecule has 80 valence electrons. The van der Waals surface area contributed by atoms with Crippen molar-refractivity contribution in [1.29, 1.82) is 0 Å². The molecule has 0 saturated carbocycles. The minimum atomic E-state index is -1.13. The SMILES string of the molecule is O=C(O)CN(OCCO)OCCO.[NaH]. The van der Waals surface area contributed by atoms with Crippen LogP contribution >= 0.6 is 0 Å². The summed E-state index contributed by atoms with van der Waals surface area (Å²) < 4.78 is 0. The van der Waals surface area contributed by atoms with E-state index in [4.69, 9.17) is 15.3 Å². The zero-order chi connectivity index (χ0) is 10.1. The van der Waals surface area contributed by atoms with Gasteiger partial charge in [0, 0.05) is 0 Å². The fraction of sp³-hybridized carbons (Fsp3) is 0.833. The van der Waals surface area contributed by atoms with Gasteiger partial charge < -0.3 is 15.3 Å². The van der Waals surface area contributed by atoms with Gasteiger partial charge in [-0.3, -0.25) is 14.5 Å². The maximum atomic E-state index is 10.2. The Morgan fingerprint density at radius 2 is 1.57 bits per heavy atom. The van der Waals surface area contributed by atoms with Crippen molar-refractivity contribution in [3.8, 4) is 0 Å². The van der Waals surface area contributed by atoms with Crippen molar-refractivity contribution in [3.63, 3.8) is 0 Å². The van der Waals surface area contributed by atoms with Gasteiger partial charge in [0.2, 0.25) is 0 Å². The molecule has 0 saturated heterocycles. The molecule has 0 aromatic carbocycles. The van der Waals surface area contributed by atoms with Crippen molar-refractivity contribution >= 4 is 35.5 Å². The number of rotatable bonds is 8. The van der Waals surface area contributed by atoms with Crippen LogP contribution < -0.4 is 0 Å². The standard InChI is InChI=1S/C6H13NO6.Na.H/c8-1-3-12-7(5-6(10)11)13-4-2-9;;/h8-9H,1-5H2,(H,10,11);;. The van der Waals surface area contributed by atoms with E-state index in [1.807, 2.05) is 0 Å². The number of aliphatic hydroxyl groups excluding tert-OH is 2. The predicted molar refractivity (Wildman–Crippen MR) is 47.6 cm³/mol. The first kappa shape index (κ1) is 16.7. The summed E-state index contributed by atoms with van der Waals surface area (Å²) in [6.45, 7) is -1.06. The van der Waals surface area contributed by atoms with Crippen LogP contribution in [0.5, 0.6) is 0 Å². The van der Waals surface area contributed by atoms with Crippen molar-refractivity contribution in [3.05, 3.63) is 0 Å². The first-order chi connectivity index (χ1) is 6.20. The zero-order valence-electron chi connectivity index (χ0n) is 7.05. The quantitative estimate of drug-likeness (QED) is 0.308. The van der Waals surface area contributed by atoms with E-state index in [0.29, 0.717) is 5.23 Å². The fourth-order valence-electron chi connectivity index (χ4n) is 0.524. The third-order valence-corrected chi connectivity index (χ3v) is 0.917. The molecule has 0 aliphatic rings. The maximum absolute atomic E-state index is 10.2. The summed E-state index contributed by atoms with van der Waals surface area (Å²) in [5.74, 6) is -1.13. The average molecular weight is 219 g/mol. The van der Waals surface area contributed by atoms with Crippen molar-refractivity contribution < 1.29 is 29.8 Å². The molecule has 0 rings (SSSR count). The van der Waals surface area contributed by atoms with Crippen LogP contribution in [0.4, 0.5) is 0 Å². The van der Waals surface area contributed by atoms with Crippen LogP contribution in [0.15, 0.2) is 0 Å². The number of aliphatic carboxylic acids is 1. The van der Waals surface area contributed by atoms with Gasteiger partial charge in [0.05, 0.1) is 26.4 Å². The summed E-state index contributed by atoms with van der Waals surface area (Å²) in [5, 5.41) is 25.8. The van der Waals surface area contributed by atoms with E-state index in [2.05, 4.69) is 9.68 Å². The molecule has 0 aliphatic carbocycles. The monoisotopic (exact) mass is 219 g/mol. The van der Waals surface area contributed by atoms with Gasteiger partial charge >= 0.3 is 35.5 Å². The fourth-order valence-corrected chi connectivity index (χ4v) is 0.524. The number of carbonyl (C=O) groups is 1. The zero-order valence-corrected chi connectivity index (χ0v) is 7.05. The van der Waals surface area contributed by atoms with Gasteiger partial charge in [-0.25, -0.2) is 0 Å². The number of hydroxylamine groups is 2. The van der Waals surface area contributed by atoms with E-state index in [1.165, 1.54) is 0 Å². The summed E-state index contributed by atoms with van der Waals surface area (Å²) in [6.07, 6.45) is 0. The minimum absolute atomic E-state index is 0. The van der Waals surface area contributed by atoms with Crippen molar-refractivity contribution in [1.82, 2.24) is 5.23 Å². The normalized spacial score (nSPS) is 9.93. The van der Waals surface area contributed by atoms with Crippen LogP contribution in [0.25, 0.3) is 0 Å². The molecule has 0 aromatic heterocycles. The second-order valence-electron chi connectivity index (χ2n) is 2.00. The average Bonchev–Trinajstić information content (AvgIpc) is 2.09. The summed E-state index contributed by atoms with van der Waals surface area (Å²) in [6, 6.07) is 0. The number of carboxylic acid groups (broad SMARTS) is 1. The first-order valence-corrected chi connectivity index (χ1v) is 3.67. The van der Waals surface area contributed by atoms with E-state index in [1.54, 1.807) is 0 Å². The van der Waals surface area contributed by atoms with Crippen molar-refractivity contribution in [2.24, 2.45) is 0 Å². The Hall–Kier alpha value is 0.270. The van der Waals surface area contributed by atoms with E-state index >= 15 is 0 Å². The third-order valence-electron chi connectivity index (χ3n) is 0.917. The first-order valence-electron chi connectivity index (χ1n) is 3.67. The Kier molecular flexibility index (Phi) is 13.5. The van der Waals surface area contributed by atoms with Crippen LogP contribution in [0.2, 0.25) is 0 Å². The van der Waals surface area contributed by atoms with Gasteiger partial charge in [0.15, 0.2) is 0 Å². The number of hydrogen-bond acceptors (Lipinski definition) is 6. The number of hydrogen-bond donors (Lipinski definition) is 3. The Labute approximate surface area is 103 Å². The molecule has 0 radical (unpaired) electrons. The summed E-state index contributed by atoms with van der Waals surface area (Å²) >= 11 is 0. The summed E-state index contributed by atoms with van der Waals surface area (Å²) in [5.41, 5.74) is 0. The molecule has 14 heavy (non-hydrogen) atoms. The Bertz CT molecular complexity index is 138. The molecule has 0 unspecified atom stereocenters. The molecule has 0 aliphatic heterocycles. The Balaban J connectivity index is 0. The van der Waals surface area contributed by atoms with Crippen LogP contribution in [-0.4, -0.2) is 89.0 Å². The van der Waals surface area contributed by atoms with Gasteiger partial charge in [-0.15, -0.1) is 0 Å². The van der Waals surface area contributed by atoms with E-state index in [9.17, 15) is 4.79 Å². The van der Waals surface area contributed by atoms with Gasteiger partial charge in [0.25, 0.3) is 0 Å². The number of carboxylic acids is 1. The van der Waals surface area contributed by atoms with Crippen LogP contribution in [-0.2, 0) is 14.5 Å². The van der Waals surface area contributed by atoms with Crippen LogP contribution in [0.3, 0.4) is 0 Å². The Morgan fingerprint density at radius 3 is 1.86 bits per heavy atom. The molecular formula is C6H14NNaO6. The number of aliphatic hydroxyl groups is 2. The molecule has 0 aromatic rings. The Morgan fingerprint density at radius 1 is 1.14 bits per heavy atom. The molecular weight excluding hydrogens is 205 g/mol. The van der Waals surface area contributed by atoms with Gasteiger partial charge in [0.1, 0.15) is 6.54 Å². The molecule has 0 heterocycles. The summed E-state index contributed by atoms with van der Waals surface area (Å²) in [7, 11) is 0. The molecule has 7 nitrogen and oxygen atoms in total. The van der Waals surface area contributed by atoms with Crippen molar-refractivity contribution in [2.45, 2.75) is 0 Å². The molecule has 3 N–H and O–H groups in total. The van der Waals surface area contributed by atoms with E-state index in [-0.39, 0.29) is 56.0 Å². The molecule has 8 heteroatoms. The van der Waals surface area contributed by atoms with Gasteiger partial charge in [-0.1, -0.05) is 5.23 Å². The van der Waals surface area contributed by atoms with Gasteiger partial charge in [-0.05, 0) is 0 Å². The van der Waals surface area contributed by atoms with E-state index in [0.717, 1.165) is 0 Å². The second-order valence-corrected chi connectivity index (χ2v) is 2.00. The molecule has 0 fully saturated rings. The van der Waals surface area contributed by atoms with Crippen LogP contribution in [0.1, 0.15) is 0 Å². The van der Waals surface area contributed by atoms with Crippen molar-refractivity contribution in [2.75, 3.05) is 33.0 Å². The number of nitrogens with zero attached hydrogens (tertiary/aromatic N) is 1. The van der Waals surface area contributed by atoms with Gasteiger partial charge in [-0.2, -0.15) is 0 Å². The van der Waals surface area contributed by atoms with Crippen LogP contribution in [0, 0.1) is 0 Å². The van der Waals surface area contributed by atoms with E-state index < -0.39 is 12.5 Å².